The summed E-state index contributed by atoms with van der Waals surface area (Å²) in [7, 11) is -3.39. The predicted molar refractivity (Wildman–Crippen MR) is 110 cm³/mol. The van der Waals surface area contributed by atoms with Gasteiger partial charge in [-0.1, -0.05) is 46.7 Å². The fraction of sp³-hybridized carbons (Fsp3) is 0.263. The van der Waals surface area contributed by atoms with E-state index in [1.165, 1.54) is 11.3 Å². The smallest absolute Gasteiger partial charge is 0.226 e. The maximum Gasteiger partial charge on any atom is 0.226 e. The van der Waals surface area contributed by atoms with E-state index in [4.69, 9.17) is 11.6 Å². The van der Waals surface area contributed by atoms with Gasteiger partial charge in [0.1, 0.15) is 0 Å². The van der Waals surface area contributed by atoms with Crippen LogP contribution >= 0.6 is 22.9 Å². The van der Waals surface area contributed by atoms with Crippen molar-refractivity contribution in [3.63, 3.8) is 0 Å². The van der Waals surface area contributed by atoms with Gasteiger partial charge in [0.05, 0.1) is 25.9 Å². The fourth-order valence-corrected chi connectivity index (χ4v) is 5.17. The molecular formula is C19H19ClN2O3S2. The molecule has 5 nitrogen and oxygen atoms in total. The molecule has 0 bridgehead atoms. The van der Waals surface area contributed by atoms with Gasteiger partial charge in [0, 0.05) is 6.42 Å². The summed E-state index contributed by atoms with van der Waals surface area (Å²) in [6.45, 7) is 3.83. The maximum atomic E-state index is 12.3. The Morgan fingerprint density at radius 1 is 1.15 bits per heavy atom. The third kappa shape index (κ3) is 4.66. The summed E-state index contributed by atoms with van der Waals surface area (Å²) in [5.41, 5.74) is 2.75. The van der Waals surface area contributed by atoms with E-state index in [0.29, 0.717) is 10.2 Å². The lowest BCUT2D eigenvalue weighted by atomic mass is 10.2. The zero-order chi connectivity index (χ0) is 19.6. The number of rotatable bonds is 6. The topological polar surface area (TPSA) is 76.1 Å². The van der Waals surface area contributed by atoms with Crippen molar-refractivity contribution >= 4 is 54.0 Å². The highest BCUT2D eigenvalue weighted by molar-refractivity contribution is 7.91. The summed E-state index contributed by atoms with van der Waals surface area (Å²) >= 11 is 7.48. The Morgan fingerprint density at radius 3 is 2.52 bits per heavy atom. The van der Waals surface area contributed by atoms with E-state index < -0.39 is 9.84 Å². The molecule has 0 saturated carbocycles. The molecule has 0 unspecified atom stereocenters. The van der Waals surface area contributed by atoms with Crippen LogP contribution in [-0.2, 0) is 14.6 Å². The largest absolute Gasteiger partial charge is 0.302 e. The summed E-state index contributed by atoms with van der Waals surface area (Å²) in [6, 6.07) is 10.4. The van der Waals surface area contributed by atoms with Crippen LogP contribution in [0.4, 0.5) is 5.13 Å². The molecule has 27 heavy (non-hydrogen) atoms. The molecule has 0 spiro atoms. The molecule has 3 rings (SSSR count). The van der Waals surface area contributed by atoms with Crippen molar-refractivity contribution in [2.45, 2.75) is 31.6 Å². The monoisotopic (exact) mass is 422 g/mol. The van der Waals surface area contributed by atoms with Crippen LogP contribution in [0.1, 0.15) is 24.0 Å². The summed E-state index contributed by atoms with van der Waals surface area (Å²) in [6.07, 6.45) is 0.348. The van der Waals surface area contributed by atoms with Crippen molar-refractivity contribution in [1.29, 1.82) is 0 Å². The van der Waals surface area contributed by atoms with E-state index in [-0.39, 0.29) is 29.4 Å². The van der Waals surface area contributed by atoms with Gasteiger partial charge in [0.15, 0.2) is 15.0 Å². The van der Waals surface area contributed by atoms with Gasteiger partial charge in [0.25, 0.3) is 0 Å². The first kappa shape index (κ1) is 19.8. The summed E-state index contributed by atoms with van der Waals surface area (Å²) < 4.78 is 25.5. The lowest BCUT2D eigenvalue weighted by Crippen LogP contribution is -2.14. The molecule has 0 saturated heterocycles. The van der Waals surface area contributed by atoms with Crippen LogP contribution < -0.4 is 5.32 Å². The first-order valence-electron chi connectivity index (χ1n) is 8.41. The molecule has 1 heterocycles. The minimum atomic E-state index is -3.39. The minimum absolute atomic E-state index is 0.0751. The number of nitrogens with zero attached hydrogens (tertiary/aromatic N) is 1. The standard InChI is InChI=1S/C19H19ClN2O3S2/c1-12-5-8-14(9-6-12)27(24,25)11-3-4-16(23)21-19-22-17-13(2)7-10-15(20)18(17)26-19/h5-10H,3-4,11H2,1-2H3,(H,21,22,23). The van der Waals surface area contributed by atoms with Gasteiger partial charge in [-0.2, -0.15) is 0 Å². The van der Waals surface area contributed by atoms with E-state index in [1.807, 2.05) is 19.9 Å². The molecule has 0 fully saturated rings. The number of carbonyl (C=O) groups excluding carboxylic acids is 1. The molecule has 0 aliphatic heterocycles. The van der Waals surface area contributed by atoms with Gasteiger partial charge >= 0.3 is 0 Å². The number of aryl methyl sites for hydroxylation is 2. The Morgan fingerprint density at radius 2 is 1.85 bits per heavy atom. The van der Waals surface area contributed by atoms with Crippen LogP contribution in [0.3, 0.4) is 0 Å². The molecule has 0 atom stereocenters. The van der Waals surface area contributed by atoms with E-state index in [1.54, 1.807) is 30.3 Å². The van der Waals surface area contributed by atoms with Gasteiger partial charge in [0.2, 0.25) is 5.91 Å². The summed E-state index contributed by atoms with van der Waals surface area (Å²) in [5.74, 6) is -0.337. The summed E-state index contributed by atoms with van der Waals surface area (Å²) in [5, 5.41) is 3.79. The third-order valence-corrected chi connectivity index (χ3v) is 7.39. The predicted octanol–water partition coefficient (Wildman–Crippen LogP) is 4.76. The number of carbonyl (C=O) groups is 1. The Bertz CT molecular complexity index is 1050. The number of hydrogen-bond acceptors (Lipinski definition) is 5. The van der Waals surface area contributed by atoms with E-state index in [2.05, 4.69) is 10.3 Å². The SMILES string of the molecule is Cc1ccc(S(=O)(=O)CCCC(=O)Nc2nc3c(C)ccc(Cl)c3s2)cc1. The fourth-order valence-electron chi connectivity index (χ4n) is 2.62. The molecule has 1 N–H and O–H groups in total. The Kier molecular flexibility index (Phi) is 5.83. The van der Waals surface area contributed by atoms with Crippen molar-refractivity contribution < 1.29 is 13.2 Å². The second-order valence-corrected chi connectivity index (χ2v) is 9.86. The number of benzene rings is 2. The summed E-state index contributed by atoms with van der Waals surface area (Å²) in [4.78, 5) is 16.8. The lowest BCUT2D eigenvalue weighted by Gasteiger charge is -2.05. The highest BCUT2D eigenvalue weighted by Crippen LogP contribution is 2.33. The van der Waals surface area contributed by atoms with Crippen LogP contribution in [0, 0.1) is 13.8 Å². The van der Waals surface area contributed by atoms with Crippen LogP contribution in [0.2, 0.25) is 5.02 Å². The van der Waals surface area contributed by atoms with Crippen molar-refractivity contribution in [2.75, 3.05) is 11.1 Å². The van der Waals surface area contributed by atoms with E-state index in [0.717, 1.165) is 21.3 Å². The van der Waals surface area contributed by atoms with Gasteiger partial charge in [-0.05, 0) is 44.0 Å². The molecule has 2 aromatic carbocycles. The Balaban J connectivity index is 1.59. The van der Waals surface area contributed by atoms with Crippen molar-refractivity contribution in [3.8, 4) is 0 Å². The first-order chi connectivity index (χ1) is 12.8. The number of anilines is 1. The van der Waals surface area contributed by atoms with Crippen LogP contribution in [0.5, 0.6) is 0 Å². The number of thiazole rings is 1. The Hall–Kier alpha value is -1.96. The number of halogens is 1. The highest BCUT2D eigenvalue weighted by Gasteiger charge is 2.16. The zero-order valence-electron chi connectivity index (χ0n) is 15.0. The average Bonchev–Trinajstić information content (AvgIpc) is 3.03. The zero-order valence-corrected chi connectivity index (χ0v) is 17.3. The number of nitrogens with one attached hydrogen (secondary N) is 1. The van der Waals surface area contributed by atoms with Crippen molar-refractivity contribution in [1.82, 2.24) is 4.98 Å². The molecule has 0 aliphatic rings. The lowest BCUT2D eigenvalue weighted by molar-refractivity contribution is -0.116. The van der Waals surface area contributed by atoms with Crippen LogP contribution in [-0.4, -0.2) is 25.1 Å². The van der Waals surface area contributed by atoms with E-state index >= 15 is 0 Å². The maximum absolute atomic E-state index is 12.3. The normalized spacial score (nSPS) is 11.7. The number of aromatic nitrogens is 1. The van der Waals surface area contributed by atoms with Gasteiger partial charge in [-0.3, -0.25) is 4.79 Å². The van der Waals surface area contributed by atoms with Crippen LogP contribution in [0.15, 0.2) is 41.3 Å². The molecule has 1 aromatic heterocycles. The third-order valence-electron chi connectivity index (χ3n) is 4.14. The van der Waals surface area contributed by atoms with Gasteiger partial charge in [-0.15, -0.1) is 0 Å². The van der Waals surface area contributed by atoms with Crippen LogP contribution in [0.25, 0.3) is 10.2 Å². The quantitative estimate of drug-likeness (QED) is 0.621. The second kappa shape index (κ2) is 7.96. The Labute approximate surface area is 167 Å². The number of hydrogen-bond donors (Lipinski definition) is 1. The average molecular weight is 423 g/mol. The molecule has 142 valence electrons. The molecule has 1 amide bonds. The van der Waals surface area contributed by atoms with Gasteiger partial charge < -0.3 is 5.32 Å². The minimum Gasteiger partial charge on any atom is -0.302 e. The molecule has 3 aromatic rings. The first-order valence-corrected chi connectivity index (χ1v) is 11.3. The highest BCUT2D eigenvalue weighted by atomic mass is 35.5. The molecule has 0 aliphatic carbocycles. The van der Waals surface area contributed by atoms with Gasteiger partial charge in [-0.25, -0.2) is 13.4 Å². The number of sulfone groups is 1. The molecule has 8 heteroatoms. The number of amides is 1. The van der Waals surface area contributed by atoms with E-state index in [9.17, 15) is 13.2 Å². The van der Waals surface area contributed by atoms with Crippen molar-refractivity contribution in [3.05, 3.63) is 52.5 Å². The number of fused-ring (bicyclic) bond motifs is 1. The molecular weight excluding hydrogens is 404 g/mol. The van der Waals surface area contributed by atoms with Crippen molar-refractivity contribution in [2.24, 2.45) is 0 Å². The second-order valence-electron chi connectivity index (χ2n) is 6.34. The molecule has 0 radical (unpaired) electrons.